The van der Waals surface area contributed by atoms with E-state index in [9.17, 15) is 14.4 Å². The van der Waals surface area contributed by atoms with E-state index in [2.05, 4.69) is 5.32 Å². The van der Waals surface area contributed by atoms with E-state index in [4.69, 9.17) is 21.1 Å². The monoisotopic (exact) mass is 437 g/mol. The lowest BCUT2D eigenvalue weighted by molar-refractivity contribution is -0.119. The maximum absolute atomic E-state index is 12.8. The molecule has 6 nitrogen and oxygen atoms in total. The Hall–Kier alpha value is -3.64. The first kappa shape index (κ1) is 22.1. The fourth-order valence-electron chi connectivity index (χ4n) is 2.81. The van der Waals surface area contributed by atoms with Crippen molar-refractivity contribution in [3.8, 4) is 5.75 Å². The Morgan fingerprint density at radius 2 is 1.61 bits per heavy atom. The molecule has 0 fully saturated rings. The Bertz CT molecular complexity index is 1080. The van der Waals surface area contributed by atoms with Gasteiger partial charge in [0, 0.05) is 16.1 Å². The molecule has 3 aromatic rings. The third-order valence-corrected chi connectivity index (χ3v) is 4.51. The molecule has 7 heteroatoms. The summed E-state index contributed by atoms with van der Waals surface area (Å²) >= 11 is 6.04. The molecule has 0 bridgehead atoms. The van der Waals surface area contributed by atoms with Crippen LogP contribution in [0.3, 0.4) is 0 Å². The summed E-state index contributed by atoms with van der Waals surface area (Å²) in [5.74, 6) is -0.876. The number of amides is 1. The predicted octanol–water partition coefficient (Wildman–Crippen LogP) is 4.77. The molecule has 0 atom stereocenters. The van der Waals surface area contributed by atoms with Crippen LogP contribution in [0.4, 0.5) is 5.69 Å². The summed E-state index contributed by atoms with van der Waals surface area (Å²) in [5.41, 5.74) is 1.27. The maximum atomic E-state index is 12.8. The van der Waals surface area contributed by atoms with Gasteiger partial charge in [-0.1, -0.05) is 41.9 Å². The number of hydrogen-bond acceptors (Lipinski definition) is 5. The van der Waals surface area contributed by atoms with Crippen LogP contribution in [0.15, 0.2) is 72.8 Å². The van der Waals surface area contributed by atoms with Gasteiger partial charge >= 0.3 is 5.97 Å². The van der Waals surface area contributed by atoms with E-state index < -0.39 is 18.5 Å². The summed E-state index contributed by atoms with van der Waals surface area (Å²) in [6.07, 6.45) is 0. The van der Waals surface area contributed by atoms with Gasteiger partial charge in [0.25, 0.3) is 5.91 Å². The molecule has 0 heterocycles. The second kappa shape index (κ2) is 10.4. The van der Waals surface area contributed by atoms with Crippen molar-refractivity contribution in [2.45, 2.75) is 6.92 Å². The van der Waals surface area contributed by atoms with Gasteiger partial charge in [0.05, 0.1) is 17.9 Å². The Kier molecular flexibility index (Phi) is 7.40. The molecule has 1 N–H and O–H groups in total. The second-order valence-electron chi connectivity index (χ2n) is 6.47. The van der Waals surface area contributed by atoms with Gasteiger partial charge in [-0.3, -0.25) is 9.59 Å². The van der Waals surface area contributed by atoms with Crippen LogP contribution in [0.1, 0.15) is 33.2 Å². The number of carbonyl (C=O) groups is 3. The van der Waals surface area contributed by atoms with Crippen LogP contribution in [0, 0.1) is 0 Å². The SMILES string of the molecule is CCOc1ccc(C(=O)OCC(=O)Nc2ccc(Cl)cc2C(=O)c2ccccc2)cc1. The van der Waals surface area contributed by atoms with Gasteiger partial charge < -0.3 is 14.8 Å². The lowest BCUT2D eigenvalue weighted by atomic mass is 10.0. The fraction of sp³-hybridized carbons (Fsp3) is 0.125. The van der Waals surface area contributed by atoms with Crippen LogP contribution in [0.2, 0.25) is 5.02 Å². The van der Waals surface area contributed by atoms with Crippen LogP contribution in [-0.2, 0) is 9.53 Å². The molecule has 0 aliphatic rings. The van der Waals surface area contributed by atoms with Crippen molar-refractivity contribution < 1.29 is 23.9 Å². The lowest BCUT2D eigenvalue weighted by Crippen LogP contribution is -2.22. The van der Waals surface area contributed by atoms with Crippen LogP contribution in [-0.4, -0.2) is 30.9 Å². The number of ketones is 1. The van der Waals surface area contributed by atoms with Crippen LogP contribution >= 0.6 is 11.6 Å². The number of halogens is 1. The molecule has 3 aromatic carbocycles. The molecular weight excluding hydrogens is 418 g/mol. The van der Waals surface area contributed by atoms with Crippen LogP contribution < -0.4 is 10.1 Å². The van der Waals surface area contributed by atoms with Crippen molar-refractivity contribution in [3.05, 3.63) is 94.5 Å². The van der Waals surface area contributed by atoms with Gasteiger partial charge in [0.2, 0.25) is 0 Å². The first-order chi connectivity index (χ1) is 15.0. The third-order valence-electron chi connectivity index (χ3n) is 4.27. The second-order valence-corrected chi connectivity index (χ2v) is 6.90. The summed E-state index contributed by atoms with van der Waals surface area (Å²) in [6.45, 7) is 1.87. The zero-order chi connectivity index (χ0) is 22.2. The molecular formula is C24H20ClNO5. The number of benzene rings is 3. The standard InChI is InChI=1S/C24H20ClNO5/c1-2-30-19-11-8-17(9-12-19)24(29)31-15-22(27)26-21-13-10-18(25)14-20(21)23(28)16-6-4-3-5-7-16/h3-14H,2,15H2,1H3,(H,26,27). The highest BCUT2D eigenvalue weighted by Crippen LogP contribution is 2.24. The number of rotatable bonds is 8. The highest BCUT2D eigenvalue weighted by atomic mass is 35.5. The minimum absolute atomic E-state index is 0.241. The van der Waals surface area contributed by atoms with Gasteiger partial charge in [0.15, 0.2) is 12.4 Å². The summed E-state index contributed by atoms with van der Waals surface area (Å²) in [5, 5.41) is 2.97. The Balaban J connectivity index is 1.65. The molecule has 0 radical (unpaired) electrons. The van der Waals surface area contributed by atoms with E-state index in [1.54, 1.807) is 60.7 Å². The van der Waals surface area contributed by atoms with Crippen molar-refractivity contribution in [1.29, 1.82) is 0 Å². The van der Waals surface area contributed by atoms with E-state index in [1.807, 2.05) is 6.92 Å². The minimum atomic E-state index is -0.644. The fourth-order valence-corrected chi connectivity index (χ4v) is 2.99. The van der Waals surface area contributed by atoms with E-state index in [0.29, 0.717) is 28.5 Å². The number of ether oxygens (including phenoxy) is 2. The number of anilines is 1. The molecule has 31 heavy (non-hydrogen) atoms. The van der Waals surface area contributed by atoms with Crippen LogP contribution in [0.25, 0.3) is 0 Å². The average molecular weight is 438 g/mol. The zero-order valence-electron chi connectivity index (χ0n) is 16.8. The molecule has 0 aromatic heterocycles. The topological polar surface area (TPSA) is 81.7 Å². The van der Waals surface area contributed by atoms with Crippen molar-refractivity contribution >= 4 is 34.9 Å². The third kappa shape index (κ3) is 5.93. The Morgan fingerprint density at radius 1 is 0.903 bits per heavy atom. The largest absolute Gasteiger partial charge is 0.494 e. The van der Waals surface area contributed by atoms with Gasteiger partial charge in [-0.2, -0.15) is 0 Å². The van der Waals surface area contributed by atoms with Crippen molar-refractivity contribution in [2.75, 3.05) is 18.5 Å². The van der Waals surface area contributed by atoms with Crippen LogP contribution in [0.5, 0.6) is 5.75 Å². The van der Waals surface area contributed by atoms with E-state index in [-0.39, 0.29) is 17.0 Å². The molecule has 0 spiro atoms. The first-order valence-corrected chi connectivity index (χ1v) is 9.95. The highest BCUT2D eigenvalue weighted by Gasteiger charge is 2.17. The number of nitrogens with one attached hydrogen (secondary N) is 1. The number of esters is 1. The molecule has 3 rings (SSSR count). The van der Waals surface area contributed by atoms with E-state index >= 15 is 0 Å². The predicted molar refractivity (Wildman–Crippen MR) is 118 cm³/mol. The van der Waals surface area contributed by atoms with E-state index in [0.717, 1.165) is 0 Å². The lowest BCUT2D eigenvalue weighted by Gasteiger charge is -2.12. The Morgan fingerprint density at radius 3 is 2.29 bits per heavy atom. The molecule has 0 aliphatic carbocycles. The summed E-state index contributed by atoms with van der Waals surface area (Å²) < 4.78 is 10.4. The molecule has 1 amide bonds. The van der Waals surface area contributed by atoms with Gasteiger partial charge in [0.1, 0.15) is 5.75 Å². The Labute approximate surface area is 184 Å². The van der Waals surface area contributed by atoms with Gasteiger partial charge in [-0.15, -0.1) is 0 Å². The van der Waals surface area contributed by atoms with Gasteiger partial charge in [-0.25, -0.2) is 4.79 Å². The van der Waals surface area contributed by atoms with E-state index in [1.165, 1.54) is 12.1 Å². The quantitative estimate of drug-likeness (QED) is 0.405. The smallest absolute Gasteiger partial charge is 0.338 e. The highest BCUT2D eigenvalue weighted by molar-refractivity contribution is 6.31. The molecule has 0 saturated heterocycles. The zero-order valence-corrected chi connectivity index (χ0v) is 17.5. The summed E-state index contributed by atoms with van der Waals surface area (Å²) in [7, 11) is 0. The molecule has 0 saturated carbocycles. The molecule has 0 aliphatic heterocycles. The van der Waals surface area contributed by atoms with Crippen molar-refractivity contribution in [1.82, 2.24) is 0 Å². The molecule has 158 valence electrons. The number of carbonyl (C=O) groups excluding carboxylic acids is 3. The normalized spacial score (nSPS) is 10.3. The average Bonchev–Trinajstić information content (AvgIpc) is 2.79. The van der Waals surface area contributed by atoms with Crippen molar-refractivity contribution in [3.63, 3.8) is 0 Å². The minimum Gasteiger partial charge on any atom is -0.494 e. The maximum Gasteiger partial charge on any atom is 0.338 e. The van der Waals surface area contributed by atoms with Crippen molar-refractivity contribution in [2.24, 2.45) is 0 Å². The van der Waals surface area contributed by atoms with Gasteiger partial charge in [-0.05, 0) is 49.4 Å². The molecule has 0 unspecified atom stereocenters. The summed E-state index contributed by atoms with van der Waals surface area (Å²) in [6, 6.07) is 19.6. The number of hydrogen-bond donors (Lipinski definition) is 1. The first-order valence-electron chi connectivity index (χ1n) is 9.57. The summed E-state index contributed by atoms with van der Waals surface area (Å²) in [4.78, 5) is 37.3.